The van der Waals surface area contributed by atoms with Crippen molar-refractivity contribution in [2.45, 2.75) is 66.0 Å². The van der Waals surface area contributed by atoms with Crippen LogP contribution in [-0.4, -0.2) is 26.2 Å². The zero-order valence-corrected chi connectivity index (χ0v) is 23.3. The first-order valence-electron chi connectivity index (χ1n) is 12.2. The lowest BCUT2D eigenvalue weighted by Gasteiger charge is -2.20. The lowest BCUT2D eigenvalue weighted by Crippen LogP contribution is -2.29. The second kappa shape index (κ2) is 13.1. The minimum absolute atomic E-state index is 0.0769. The Labute approximate surface area is 227 Å². The van der Waals surface area contributed by atoms with Crippen LogP contribution in [0, 0.1) is 18.3 Å². The van der Waals surface area contributed by atoms with Crippen LogP contribution < -0.4 is 10.9 Å². The van der Waals surface area contributed by atoms with Crippen LogP contribution in [0.2, 0.25) is 5.02 Å². The quantitative estimate of drug-likeness (QED) is 0.199. The largest absolute Gasteiger partial charge is 0.367 e. The molecule has 1 aliphatic heterocycles. The van der Waals surface area contributed by atoms with Gasteiger partial charge in [-0.3, -0.25) is 19.1 Å². The molecule has 1 aliphatic rings. The number of hydrogen-bond donors (Lipinski definition) is 1. The summed E-state index contributed by atoms with van der Waals surface area (Å²) >= 11 is 13.1. The third kappa shape index (κ3) is 6.20. The fourth-order valence-electron chi connectivity index (χ4n) is 4.13. The fraction of sp³-hybridized carbons (Fsp3) is 0.407. The van der Waals surface area contributed by atoms with E-state index >= 15 is 0 Å². The van der Waals surface area contributed by atoms with Crippen LogP contribution in [-0.2, 0) is 17.9 Å². The Bertz CT molecular complexity index is 1280. The number of anilines is 1. The van der Waals surface area contributed by atoms with Crippen molar-refractivity contribution in [2.75, 3.05) is 11.9 Å². The summed E-state index contributed by atoms with van der Waals surface area (Å²) in [6.45, 7) is 7.27. The van der Waals surface area contributed by atoms with Crippen molar-refractivity contribution >= 4 is 57.7 Å². The molecule has 1 aromatic carbocycles. The zero-order chi connectivity index (χ0) is 26.2. The van der Waals surface area contributed by atoms with Gasteiger partial charge in [-0.2, -0.15) is 5.26 Å². The number of unbranched alkanes of at least 4 members (excludes halogenated alkanes) is 3. The molecule has 9 heteroatoms. The van der Waals surface area contributed by atoms with Crippen LogP contribution in [0.4, 0.5) is 5.82 Å². The number of carbonyl (C=O) groups excluding carboxylic acids is 1. The van der Waals surface area contributed by atoms with Gasteiger partial charge in [0, 0.05) is 30.2 Å². The van der Waals surface area contributed by atoms with Crippen molar-refractivity contribution < 1.29 is 4.79 Å². The first kappa shape index (κ1) is 28.0. The van der Waals surface area contributed by atoms with Crippen molar-refractivity contribution in [2.24, 2.45) is 0 Å². The number of nitriles is 1. The molecule has 0 unspecified atom stereocenters. The highest BCUT2D eigenvalue weighted by Crippen LogP contribution is 2.35. The summed E-state index contributed by atoms with van der Waals surface area (Å²) < 4.78 is 2.12. The number of amides is 1. The van der Waals surface area contributed by atoms with Crippen molar-refractivity contribution in [3.8, 4) is 6.07 Å². The van der Waals surface area contributed by atoms with E-state index in [-0.39, 0.29) is 17.0 Å². The summed E-state index contributed by atoms with van der Waals surface area (Å²) in [6, 6.07) is 9.56. The van der Waals surface area contributed by atoms with Gasteiger partial charge in [0.05, 0.1) is 4.91 Å². The molecule has 0 radical (unpaired) electrons. The molecule has 190 valence electrons. The van der Waals surface area contributed by atoms with Crippen LogP contribution in [0.15, 0.2) is 34.0 Å². The van der Waals surface area contributed by atoms with E-state index in [4.69, 9.17) is 23.8 Å². The number of carbonyl (C=O) groups is 1. The molecule has 1 fully saturated rings. The van der Waals surface area contributed by atoms with Gasteiger partial charge in [0.25, 0.3) is 11.5 Å². The number of aromatic nitrogens is 1. The third-order valence-electron chi connectivity index (χ3n) is 6.11. The molecule has 1 amide bonds. The normalized spacial score (nSPS) is 14.5. The van der Waals surface area contributed by atoms with E-state index in [1.165, 1.54) is 11.8 Å². The van der Waals surface area contributed by atoms with Crippen LogP contribution in [0.3, 0.4) is 0 Å². The number of benzene rings is 1. The number of nitrogens with one attached hydrogen (secondary N) is 1. The molecule has 6 nitrogen and oxygen atoms in total. The molecule has 36 heavy (non-hydrogen) atoms. The van der Waals surface area contributed by atoms with Gasteiger partial charge < -0.3 is 5.32 Å². The molecule has 1 N–H and O–H groups in total. The molecule has 1 aromatic heterocycles. The predicted molar refractivity (Wildman–Crippen MR) is 153 cm³/mol. The number of thioether (sulfide) groups is 1. The fourth-order valence-corrected chi connectivity index (χ4v) is 5.62. The number of halogens is 1. The van der Waals surface area contributed by atoms with Gasteiger partial charge in [-0.05, 0) is 43.0 Å². The maximum Gasteiger partial charge on any atom is 0.270 e. The summed E-state index contributed by atoms with van der Waals surface area (Å²) in [5.41, 5.74) is 1.77. The Kier molecular flexibility index (Phi) is 10.2. The minimum atomic E-state index is -0.348. The molecule has 1 saturated heterocycles. The highest BCUT2D eigenvalue weighted by atomic mass is 35.5. The highest BCUT2D eigenvalue weighted by molar-refractivity contribution is 8.26. The Morgan fingerprint density at radius 3 is 2.56 bits per heavy atom. The van der Waals surface area contributed by atoms with Crippen molar-refractivity contribution in [3.05, 3.63) is 66.8 Å². The second-order valence-electron chi connectivity index (χ2n) is 8.67. The summed E-state index contributed by atoms with van der Waals surface area (Å²) in [7, 11) is 0. The van der Waals surface area contributed by atoms with E-state index in [9.17, 15) is 14.9 Å². The van der Waals surface area contributed by atoms with Gasteiger partial charge in [-0.1, -0.05) is 86.9 Å². The summed E-state index contributed by atoms with van der Waals surface area (Å²) in [6.07, 6.45) is 6.67. The van der Waals surface area contributed by atoms with Crippen molar-refractivity contribution in [1.29, 1.82) is 5.26 Å². The molecule has 0 saturated carbocycles. The first-order valence-corrected chi connectivity index (χ1v) is 13.8. The van der Waals surface area contributed by atoms with Gasteiger partial charge in [0.1, 0.15) is 21.8 Å². The molecular weight excluding hydrogens is 512 g/mol. The Morgan fingerprint density at radius 1 is 1.14 bits per heavy atom. The van der Waals surface area contributed by atoms with E-state index in [0.717, 1.165) is 31.2 Å². The Balaban J connectivity index is 2.06. The molecule has 0 aliphatic carbocycles. The number of thiocarbonyl (C=S) groups is 1. The highest BCUT2D eigenvalue weighted by Gasteiger charge is 2.32. The smallest absolute Gasteiger partial charge is 0.270 e. The SMILES string of the molecule is CCCCCCN1C(=O)/C(=C\c2c(C)c(C#N)c(=O)n(CCC)c2NCc2ccccc2Cl)SC1=S. The van der Waals surface area contributed by atoms with E-state index < -0.39 is 0 Å². The molecule has 0 bridgehead atoms. The van der Waals surface area contributed by atoms with Crippen molar-refractivity contribution in [3.63, 3.8) is 0 Å². The van der Waals surface area contributed by atoms with E-state index in [1.54, 1.807) is 22.5 Å². The van der Waals surface area contributed by atoms with Crippen molar-refractivity contribution in [1.82, 2.24) is 9.47 Å². The predicted octanol–water partition coefficient (Wildman–Crippen LogP) is 6.49. The average Bonchev–Trinajstić information content (AvgIpc) is 3.12. The zero-order valence-electron chi connectivity index (χ0n) is 20.9. The standard InChI is InChI=1S/C27H31ClN4O2S2/c1-4-6-7-10-14-32-26(34)23(36-27(32)35)15-20-18(3)21(16-29)25(33)31(13-5-2)24(20)30-17-19-11-8-9-12-22(19)28/h8-9,11-12,15,30H,4-7,10,13-14,17H2,1-3H3/b23-15+. The number of hydrogen-bond acceptors (Lipinski definition) is 6. The maximum absolute atomic E-state index is 13.2. The van der Waals surface area contributed by atoms with Gasteiger partial charge in [-0.25, -0.2) is 0 Å². The van der Waals surface area contributed by atoms with Gasteiger partial charge in [0.15, 0.2) is 0 Å². The van der Waals surface area contributed by atoms with E-state index in [0.29, 0.717) is 57.2 Å². The number of nitrogens with zero attached hydrogens (tertiary/aromatic N) is 3. The summed E-state index contributed by atoms with van der Waals surface area (Å²) in [5, 5.41) is 13.8. The number of pyridine rings is 1. The second-order valence-corrected chi connectivity index (χ2v) is 10.8. The average molecular weight is 543 g/mol. The van der Waals surface area contributed by atoms with Gasteiger partial charge >= 0.3 is 0 Å². The summed E-state index contributed by atoms with van der Waals surface area (Å²) in [5.74, 6) is 0.427. The van der Waals surface area contributed by atoms with Gasteiger partial charge in [-0.15, -0.1) is 0 Å². The topological polar surface area (TPSA) is 78.1 Å². The molecule has 0 spiro atoms. The Morgan fingerprint density at radius 2 is 1.89 bits per heavy atom. The molecule has 3 rings (SSSR count). The first-order chi connectivity index (χ1) is 17.3. The number of rotatable bonds is 11. The van der Waals surface area contributed by atoms with Crippen LogP contribution >= 0.6 is 35.6 Å². The minimum Gasteiger partial charge on any atom is -0.367 e. The third-order valence-corrected chi connectivity index (χ3v) is 7.86. The Hall–Kier alpha value is -2.60. The van der Waals surface area contributed by atoms with Gasteiger partial charge in [0.2, 0.25) is 0 Å². The molecular formula is C27H31ClN4O2S2. The summed E-state index contributed by atoms with van der Waals surface area (Å²) in [4.78, 5) is 28.6. The molecule has 2 heterocycles. The van der Waals surface area contributed by atoms with Crippen LogP contribution in [0.1, 0.15) is 68.2 Å². The lowest BCUT2D eigenvalue weighted by molar-refractivity contribution is -0.122. The lowest BCUT2D eigenvalue weighted by atomic mass is 10.0. The van der Waals surface area contributed by atoms with Crippen LogP contribution in [0.5, 0.6) is 0 Å². The molecule has 0 atom stereocenters. The van der Waals surface area contributed by atoms with E-state index in [1.807, 2.05) is 31.2 Å². The maximum atomic E-state index is 13.2. The monoisotopic (exact) mass is 542 g/mol. The van der Waals surface area contributed by atoms with Crippen LogP contribution in [0.25, 0.3) is 6.08 Å². The molecule has 2 aromatic rings. The van der Waals surface area contributed by atoms with E-state index in [2.05, 4.69) is 18.3 Å².